The molecule has 0 amide bonds. The maximum absolute atomic E-state index is 11.9. The first-order chi connectivity index (χ1) is 8.81. The molecule has 1 aromatic carbocycles. The summed E-state index contributed by atoms with van der Waals surface area (Å²) in [7, 11) is -3.43. The Morgan fingerprint density at radius 1 is 1.26 bits per heavy atom. The molecule has 19 heavy (non-hydrogen) atoms. The molecule has 0 aliphatic heterocycles. The van der Waals surface area contributed by atoms with Gasteiger partial charge in [-0.05, 0) is 24.6 Å². The van der Waals surface area contributed by atoms with E-state index in [1.807, 2.05) is 12.1 Å². The Morgan fingerprint density at radius 2 is 1.84 bits per heavy atom. The van der Waals surface area contributed by atoms with Crippen LogP contribution in [0.5, 0.6) is 0 Å². The summed E-state index contributed by atoms with van der Waals surface area (Å²) in [6.07, 6.45) is 0. The monoisotopic (exact) mass is 282 g/mol. The van der Waals surface area contributed by atoms with Gasteiger partial charge in [0, 0.05) is 19.1 Å². The number of benzene rings is 1. The van der Waals surface area contributed by atoms with Gasteiger partial charge in [0.25, 0.3) is 0 Å². The van der Waals surface area contributed by atoms with Gasteiger partial charge < -0.3 is 5.32 Å². The third-order valence-corrected chi connectivity index (χ3v) is 3.93. The minimum absolute atomic E-state index is 0.263. The Bertz CT molecular complexity index is 519. The van der Waals surface area contributed by atoms with Crippen molar-refractivity contribution in [2.24, 2.45) is 0 Å². The van der Waals surface area contributed by atoms with Crippen molar-refractivity contribution in [2.45, 2.75) is 38.3 Å². The van der Waals surface area contributed by atoms with Crippen LogP contribution in [-0.4, -0.2) is 21.0 Å². The third kappa shape index (κ3) is 5.55. The second-order valence-electron chi connectivity index (χ2n) is 4.96. The van der Waals surface area contributed by atoms with Gasteiger partial charge in [-0.2, -0.15) is 0 Å². The molecule has 0 heterocycles. The quantitative estimate of drug-likeness (QED) is 0.752. The van der Waals surface area contributed by atoms with E-state index in [1.165, 1.54) is 0 Å². The van der Waals surface area contributed by atoms with Crippen LogP contribution in [-0.2, 0) is 16.6 Å². The molecule has 0 radical (unpaired) electrons. The van der Waals surface area contributed by atoms with Gasteiger partial charge in [-0.15, -0.1) is 0 Å². The van der Waals surface area contributed by atoms with Crippen molar-refractivity contribution in [3.63, 3.8) is 0 Å². The number of nitrogens with one attached hydrogen (secondary N) is 2. The van der Waals surface area contributed by atoms with Gasteiger partial charge >= 0.3 is 0 Å². The third-order valence-electron chi connectivity index (χ3n) is 2.51. The lowest BCUT2D eigenvalue weighted by Crippen LogP contribution is -2.25. The van der Waals surface area contributed by atoms with E-state index in [1.54, 1.807) is 19.1 Å². The molecule has 0 spiro atoms. The lowest BCUT2D eigenvalue weighted by atomic mass is 10.2. The molecule has 0 bridgehead atoms. The highest BCUT2D eigenvalue weighted by Gasteiger charge is 2.12. The topological polar surface area (TPSA) is 58.2 Å². The van der Waals surface area contributed by atoms with Gasteiger partial charge in [-0.3, -0.25) is 0 Å². The van der Waals surface area contributed by atoms with Crippen LogP contribution in [0.4, 0.5) is 0 Å². The molecule has 0 atom stereocenters. The van der Waals surface area contributed by atoms with E-state index in [9.17, 15) is 8.42 Å². The van der Waals surface area contributed by atoms with E-state index in [4.69, 9.17) is 0 Å². The maximum Gasteiger partial charge on any atom is 0.240 e. The first-order valence-electron chi connectivity index (χ1n) is 6.27. The highest BCUT2D eigenvalue weighted by atomic mass is 32.2. The van der Waals surface area contributed by atoms with Crippen LogP contribution in [0.1, 0.15) is 26.3 Å². The van der Waals surface area contributed by atoms with E-state index < -0.39 is 10.0 Å². The average Bonchev–Trinajstić information content (AvgIpc) is 2.34. The largest absolute Gasteiger partial charge is 0.310 e. The van der Waals surface area contributed by atoms with Crippen LogP contribution in [0.25, 0.3) is 0 Å². The molecular weight excluding hydrogens is 260 g/mol. The zero-order valence-electron chi connectivity index (χ0n) is 11.7. The molecule has 0 saturated carbocycles. The predicted molar refractivity (Wildman–Crippen MR) is 78.4 cm³/mol. The summed E-state index contributed by atoms with van der Waals surface area (Å²) < 4.78 is 26.4. The highest BCUT2D eigenvalue weighted by Crippen LogP contribution is 2.10. The first kappa shape index (κ1) is 15.9. The number of sulfonamides is 1. The molecule has 0 aliphatic carbocycles. The Labute approximate surface area is 116 Å². The predicted octanol–water partition coefficient (Wildman–Crippen LogP) is 2.04. The minimum Gasteiger partial charge on any atom is -0.310 e. The van der Waals surface area contributed by atoms with Crippen molar-refractivity contribution in [2.75, 3.05) is 6.54 Å². The molecule has 4 nitrogen and oxygen atoms in total. The van der Waals surface area contributed by atoms with E-state index in [0.717, 1.165) is 17.7 Å². The van der Waals surface area contributed by atoms with Crippen molar-refractivity contribution < 1.29 is 8.42 Å². The van der Waals surface area contributed by atoms with Gasteiger partial charge in [0.1, 0.15) is 0 Å². The van der Waals surface area contributed by atoms with Gasteiger partial charge in [0.2, 0.25) is 10.0 Å². The van der Waals surface area contributed by atoms with Crippen molar-refractivity contribution in [1.82, 2.24) is 10.0 Å². The molecule has 1 aromatic rings. The summed E-state index contributed by atoms with van der Waals surface area (Å²) in [6.45, 7) is 10.6. The molecule has 0 aliphatic rings. The SMILES string of the molecule is C=C(C)CNS(=O)(=O)c1ccc(CNC(C)C)cc1. The van der Waals surface area contributed by atoms with E-state index >= 15 is 0 Å². The first-order valence-corrected chi connectivity index (χ1v) is 7.76. The minimum atomic E-state index is -3.43. The Morgan fingerprint density at radius 3 is 2.32 bits per heavy atom. The lowest BCUT2D eigenvalue weighted by Gasteiger charge is -2.09. The number of hydrogen-bond acceptors (Lipinski definition) is 3. The standard InChI is InChI=1S/C14H22N2O2S/c1-11(2)9-16-19(17,18)14-7-5-13(6-8-14)10-15-12(3)4/h5-8,12,15-16H,1,9-10H2,2-4H3. The second kappa shape index (κ2) is 6.84. The van der Waals surface area contributed by atoms with Crippen LogP contribution < -0.4 is 10.0 Å². The maximum atomic E-state index is 11.9. The van der Waals surface area contributed by atoms with Crippen molar-refractivity contribution in [3.05, 3.63) is 42.0 Å². The zero-order chi connectivity index (χ0) is 14.5. The summed E-state index contributed by atoms with van der Waals surface area (Å²) in [5.74, 6) is 0. The number of rotatable bonds is 7. The normalized spacial score (nSPS) is 11.8. The van der Waals surface area contributed by atoms with E-state index in [0.29, 0.717) is 6.04 Å². The summed E-state index contributed by atoms with van der Waals surface area (Å²) in [5.41, 5.74) is 1.84. The second-order valence-corrected chi connectivity index (χ2v) is 6.73. The fourth-order valence-corrected chi connectivity index (χ4v) is 2.51. The van der Waals surface area contributed by atoms with E-state index in [2.05, 4.69) is 30.5 Å². The zero-order valence-corrected chi connectivity index (χ0v) is 12.5. The summed E-state index contributed by atoms with van der Waals surface area (Å²) in [4.78, 5) is 0.280. The molecule has 0 saturated heterocycles. The van der Waals surface area contributed by atoms with Gasteiger partial charge in [0.15, 0.2) is 0 Å². The molecule has 106 valence electrons. The molecule has 5 heteroatoms. The van der Waals surface area contributed by atoms with Crippen LogP contribution in [0.2, 0.25) is 0 Å². The fraction of sp³-hybridized carbons (Fsp3) is 0.429. The fourth-order valence-electron chi connectivity index (χ4n) is 1.41. The van der Waals surface area contributed by atoms with Gasteiger partial charge in [0.05, 0.1) is 4.90 Å². The van der Waals surface area contributed by atoms with Crippen LogP contribution >= 0.6 is 0 Å². The van der Waals surface area contributed by atoms with Crippen molar-refractivity contribution in [1.29, 1.82) is 0 Å². The van der Waals surface area contributed by atoms with Crippen LogP contribution in [0.3, 0.4) is 0 Å². The van der Waals surface area contributed by atoms with Crippen molar-refractivity contribution >= 4 is 10.0 Å². The lowest BCUT2D eigenvalue weighted by molar-refractivity contribution is 0.582. The van der Waals surface area contributed by atoms with Crippen LogP contribution in [0.15, 0.2) is 41.3 Å². The Kier molecular flexibility index (Phi) is 5.72. The van der Waals surface area contributed by atoms with Crippen molar-refractivity contribution in [3.8, 4) is 0 Å². The number of hydrogen-bond donors (Lipinski definition) is 2. The summed E-state index contributed by atoms with van der Waals surface area (Å²) >= 11 is 0. The Balaban J connectivity index is 2.72. The Hall–Kier alpha value is -1.17. The highest BCUT2D eigenvalue weighted by molar-refractivity contribution is 7.89. The smallest absolute Gasteiger partial charge is 0.240 e. The molecule has 1 rings (SSSR count). The van der Waals surface area contributed by atoms with Crippen LogP contribution in [0, 0.1) is 0 Å². The van der Waals surface area contributed by atoms with Gasteiger partial charge in [-0.25, -0.2) is 13.1 Å². The van der Waals surface area contributed by atoms with Gasteiger partial charge in [-0.1, -0.05) is 38.1 Å². The summed E-state index contributed by atoms with van der Waals surface area (Å²) in [5, 5.41) is 3.28. The molecule has 0 unspecified atom stereocenters. The summed E-state index contributed by atoms with van der Waals surface area (Å²) in [6, 6.07) is 7.30. The van der Waals surface area contributed by atoms with E-state index in [-0.39, 0.29) is 11.4 Å². The molecule has 0 aromatic heterocycles. The molecular formula is C14H22N2O2S. The average molecular weight is 282 g/mol. The molecule has 2 N–H and O–H groups in total. The molecule has 0 fully saturated rings.